The lowest BCUT2D eigenvalue weighted by Gasteiger charge is -2.14. The summed E-state index contributed by atoms with van der Waals surface area (Å²) in [5, 5.41) is 2.94. The topological polar surface area (TPSA) is 63.4 Å². The summed E-state index contributed by atoms with van der Waals surface area (Å²) in [7, 11) is 0. The molecule has 0 aliphatic rings. The van der Waals surface area contributed by atoms with Crippen LogP contribution in [0.4, 0.5) is 18.9 Å². The van der Waals surface area contributed by atoms with Crippen molar-refractivity contribution in [3.8, 4) is 0 Å². The van der Waals surface area contributed by atoms with E-state index in [1.165, 1.54) is 0 Å². The summed E-state index contributed by atoms with van der Waals surface area (Å²) in [6.07, 6.45) is -4.59. The zero-order valence-corrected chi connectivity index (χ0v) is 12.8. The van der Waals surface area contributed by atoms with E-state index in [1.54, 1.807) is 20.8 Å². The van der Waals surface area contributed by atoms with Gasteiger partial charge in [0.05, 0.1) is 18.9 Å². The van der Waals surface area contributed by atoms with Crippen LogP contribution in [0.15, 0.2) is 0 Å². The van der Waals surface area contributed by atoms with Gasteiger partial charge in [0.25, 0.3) is 6.43 Å². The number of esters is 1. The molecule has 126 valence electrons. The molecule has 1 atom stereocenters. The fourth-order valence-electron chi connectivity index (χ4n) is 1.87. The molecule has 5 nitrogen and oxygen atoms in total. The Labute approximate surface area is 127 Å². The first-order valence-electron chi connectivity index (χ1n) is 6.98. The number of H-pyrrole nitrogens is 1. The zero-order chi connectivity index (χ0) is 16.7. The minimum absolute atomic E-state index is 0.106. The van der Waals surface area contributed by atoms with Crippen LogP contribution in [0.2, 0.25) is 0 Å². The van der Waals surface area contributed by atoms with Gasteiger partial charge in [-0.3, -0.25) is 0 Å². The number of carbonyl (C=O) groups is 1. The number of aromatic nitrogens is 1. The maximum atomic E-state index is 12.3. The van der Waals surface area contributed by atoms with Crippen molar-refractivity contribution in [2.24, 2.45) is 0 Å². The number of anilines is 1. The molecule has 1 heterocycles. The maximum Gasteiger partial charge on any atom is 0.356 e. The predicted molar refractivity (Wildman–Crippen MR) is 76.4 cm³/mol. The smallest absolute Gasteiger partial charge is 0.356 e. The van der Waals surface area contributed by atoms with Gasteiger partial charge in [0.1, 0.15) is 18.5 Å². The molecule has 0 saturated heterocycles. The molecule has 0 bridgehead atoms. The molecular formula is C14H21F3N2O3. The van der Waals surface area contributed by atoms with Crippen LogP contribution in [-0.4, -0.2) is 49.9 Å². The molecule has 2 N–H and O–H groups in total. The predicted octanol–water partition coefficient (Wildman–Crippen LogP) is 2.84. The third-order valence-electron chi connectivity index (χ3n) is 3.15. The first-order chi connectivity index (χ1) is 10.4. The minimum atomic E-state index is -2.86. The first-order valence-corrected chi connectivity index (χ1v) is 6.98. The number of ether oxygens (including phenoxy) is 2. The van der Waals surface area contributed by atoms with Crippen molar-refractivity contribution in [2.75, 3.05) is 31.7 Å². The van der Waals surface area contributed by atoms with E-state index in [4.69, 9.17) is 9.47 Å². The Morgan fingerprint density at radius 1 is 1.36 bits per heavy atom. The quantitative estimate of drug-likeness (QED) is 0.542. The van der Waals surface area contributed by atoms with Gasteiger partial charge in [-0.2, -0.15) is 0 Å². The van der Waals surface area contributed by atoms with Crippen LogP contribution in [-0.2, 0) is 9.47 Å². The SMILES string of the molecule is CCOC(=O)c1[nH]c(C)c(C)c1NCCOC(CF)C(F)F. The van der Waals surface area contributed by atoms with Gasteiger partial charge in [0.2, 0.25) is 0 Å². The van der Waals surface area contributed by atoms with Gasteiger partial charge in [-0.1, -0.05) is 0 Å². The largest absolute Gasteiger partial charge is 0.461 e. The van der Waals surface area contributed by atoms with Gasteiger partial charge in [0, 0.05) is 12.2 Å². The van der Waals surface area contributed by atoms with E-state index in [9.17, 15) is 18.0 Å². The van der Waals surface area contributed by atoms with Crippen molar-refractivity contribution in [2.45, 2.75) is 33.3 Å². The van der Waals surface area contributed by atoms with Gasteiger partial charge in [-0.15, -0.1) is 0 Å². The second-order valence-corrected chi connectivity index (χ2v) is 4.67. The van der Waals surface area contributed by atoms with Crippen molar-refractivity contribution in [1.82, 2.24) is 4.98 Å². The van der Waals surface area contributed by atoms with Gasteiger partial charge in [0.15, 0.2) is 0 Å². The molecule has 0 aliphatic heterocycles. The summed E-state index contributed by atoms with van der Waals surface area (Å²) in [5.41, 5.74) is 2.42. The van der Waals surface area contributed by atoms with Crippen molar-refractivity contribution in [3.05, 3.63) is 17.0 Å². The lowest BCUT2D eigenvalue weighted by atomic mass is 10.2. The molecular weight excluding hydrogens is 301 g/mol. The molecule has 0 aromatic carbocycles. The lowest BCUT2D eigenvalue weighted by Crippen LogP contribution is -2.27. The van der Waals surface area contributed by atoms with Crippen molar-refractivity contribution < 1.29 is 27.4 Å². The summed E-state index contributed by atoms with van der Waals surface area (Å²) in [5.74, 6) is -0.503. The number of aromatic amines is 1. The maximum absolute atomic E-state index is 12.3. The monoisotopic (exact) mass is 322 g/mol. The van der Waals surface area contributed by atoms with E-state index < -0.39 is 25.2 Å². The second-order valence-electron chi connectivity index (χ2n) is 4.67. The average molecular weight is 322 g/mol. The summed E-state index contributed by atoms with van der Waals surface area (Å²) < 4.78 is 46.6. The minimum Gasteiger partial charge on any atom is -0.461 e. The Bertz CT molecular complexity index is 492. The third-order valence-corrected chi connectivity index (χ3v) is 3.15. The van der Waals surface area contributed by atoms with Crippen LogP contribution in [0.25, 0.3) is 0 Å². The van der Waals surface area contributed by atoms with Crippen LogP contribution in [0.5, 0.6) is 0 Å². The average Bonchev–Trinajstić information content (AvgIpc) is 2.75. The summed E-state index contributed by atoms with van der Waals surface area (Å²) in [6.45, 7) is 4.36. The van der Waals surface area contributed by atoms with Crippen LogP contribution in [0.1, 0.15) is 28.7 Å². The zero-order valence-electron chi connectivity index (χ0n) is 12.8. The molecule has 0 spiro atoms. The lowest BCUT2D eigenvalue weighted by molar-refractivity contribution is -0.0622. The molecule has 1 rings (SSSR count). The molecule has 8 heteroatoms. The molecule has 1 aromatic heterocycles. The number of nitrogens with one attached hydrogen (secondary N) is 2. The van der Waals surface area contributed by atoms with Gasteiger partial charge >= 0.3 is 5.97 Å². The molecule has 0 aliphatic carbocycles. The number of hydrogen-bond donors (Lipinski definition) is 2. The summed E-state index contributed by atoms with van der Waals surface area (Å²) in [6, 6.07) is 0. The van der Waals surface area contributed by atoms with Crippen LogP contribution in [0, 0.1) is 13.8 Å². The summed E-state index contributed by atoms with van der Waals surface area (Å²) >= 11 is 0. The first kappa shape index (κ1) is 18.3. The van der Waals surface area contributed by atoms with Crippen molar-refractivity contribution >= 4 is 11.7 Å². The van der Waals surface area contributed by atoms with Gasteiger partial charge < -0.3 is 19.8 Å². The third kappa shape index (κ3) is 4.66. The van der Waals surface area contributed by atoms with Crippen LogP contribution >= 0.6 is 0 Å². The highest BCUT2D eigenvalue weighted by Gasteiger charge is 2.21. The highest BCUT2D eigenvalue weighted by Crippen LogP contribution is 2.24. The number of hydrogen-bond acceptors (Lipinski definition) is 4. The number of halogens is 3. The van der Waals surface area contributed by atoms with Gasteiger partial charge in [-0.05, 0) is 26.3 Å². The van der Waals surface area contributed by atoms with E-state index in [0.29, 0.717) is 5.69 Å². The number of carbonyl (C=O) groups excluding carboxylic acids is 1. The fourth-order valence-corrected chi connectivity index (χ4v) is 1.87. The molecule has 0 radical (unpaired) electrons. The molecule has 0 saturated carbocycles. The van der Waals surface area contributed by atoms with E-state index in [2.05, 4.69) is 10.3 Å². The number of rotatable bonds is 9. The molecule has 0 fully saturated rings. The van der Waals surface area contributed by atoms with Crippen molar-refractivity contribution in [3.63, 3.8) is 0 Å². The molecule has 0 amide bonds. The fraction of sp³-hybridized carbons (Fsp3) is 0.643. The number of alkyl halides is 3. The Kier molecular flexibility index (Phi) is 7.23. The Morgan fingerprint density at radius 3 is 2.59 bits per heavy atom. The van der Waals surface area contributed by atoms with E-state index in [1.807, 2.05) is 0 Å². The summed E-state index contributed by atoms with van der Waals surface area (Å²) in [4.78, 5) is 14.8. The Morgan fingerprint density at radius 2 is 2.05 bits per heavy atom. The normalized spacial score (nSPS) is 12.5. The van der Waals surface area contributed by atoms with Crippen LogP contribution in [0.3, 0.4) is 0 Å². The Hall–Kier alpha value is -1.70. The van der Waals surface area contributed by atoms with Crippen molar-refractivity contribution in [1.29, 1.82) is 0 Å². The molecule has 1 unspecified atom stereocenters. The second kappa shape index (κ2) is 8.67. The van der Waals surface area contributed by atoms with Crippen LogP contribution < -0.4 is 5.32 Å². The molecule has 1 aromatic rings. The number of aryl methyl sites for hydroxylation is 1. The van der Waals surface area contributed by atoms with E-state index in [-0.39, 0.29) is 25.5 Å². The van der Waals surface area contributed by atoms with E-state index >= 15 is 0 Å². The molecule has 22 heavy (non-hydrogen) atoms. The Balaban J connectivity index is 2.63. The highest BCUT2D eigenvalue weighted by molar-refractivity contribution is 5.95. The van der Waals surface area contributed by atoms with Gasteiger partial charge in [-0.25, -0.2) is 18.0 Å². The van der Waals surface area contributed by atoms with E-state index in [0.717, 1.165) is 11.3 Å². The highest BCUT2D eigenvalue weighted by atomic mass is 19.3. The standard InChI is InChI=1S/C14H21F3N2O3/c1-4-21-14(20)12-11(8(2)9(3)19-12)18-5-6-22-10(7-15)13(16)17/h10,13,18-19H,4-7H2,1-3H3.